The van der Waals surface area contributed by atoms with Crippen molar-refractivity contribution in [3.8, 4) is 0 Å². The molecule has 3 heterocycles. The summed E-state index contributed by atoms with van der Waals surface area (Å²) in [7, 11) is 1.88. The van der Waals surface area contributed by atoms with Gasteiger partial charge in [0.2, 0.25) is 11.8 Å². The van der Waals surface area contributed by atoms with Gasteiger partial charge in [-0.1, -0.05) is 20.8 Å². The molecule has 116 valence electrons. The van der Waals surface area contributed by atoms with Gasteiger partial charge in [0, 0.05) is 36.8 Å². The summed E-state index contributed by atoms with van der Waals surface area (Å²) in [6, 6.07) is 0. The maximum Gasteiger partial charge on any atom is 0.235 e. The maximum atomic E-state index is 12.1. The average molecular weight is 300 g/mol. The van der Waals surface area contributed by atoms with E-state index in [0.29, 0.717) is 18.5 Å². The van der Waals surface area contributed by atoms with Crippen LogP contribution in [-0.2, 0) is 22.1 Å². The Kier molecular flexibility index (Phi) is 3.27. The first kappa shape index (κ1) is 14.7. The van der Waals surface area contributed by atoms with Crippen LogP contribution >= 0.6 is 0 Å². The third-order valence-electron chi connectivity index (χ3n) is 4.15. The van der Waals surface area contributed by atoms with Crippen LogP contribution in [0.2, 0.25) is 0 Å². The summed E-state index contributed by atoms with van der Waals surface area (Å²) in [5, 5.41) is 7.86. The van der Waals surface area contributed by atoms with Gasteiger partial charge in [-0.05, 0) is 11.8 Å². The number of piperidine rings is 1. The molecule has 1 aliphatic heterocycles. The van der Waals surface area contributed by atoms with Gasteiger partial charge in [0.05, 0.1) is 17.1 Å². The van der Waals surface area contributed by atoms with Crippen LogP contribution in [0.5, 0.6) is 0 Å². The van der Waals surface area contributed by atoms with Gasteiger partial charge in [0.15, 0.2) is 0 Å². The van der Waals surface area contributed by atoms with Crippen molar-refractivity contribution in [2.24, 2.45) is 7.05 Å². The highest BCUT2D eigenvalue weighted by Gasteiger charge is 2.32. The summed E-state index contributed by atoms with van der Waals surface area (Å²) in [4.78, 5) is 27.8. The Morgan fingerprint density at radius 1 is 1.27 bits per heavy atom. The number of carbonyl (C=O) groups excluding carboxylic acids is 2. The van der Waals surface area contributed by atoms with E-state index < -0.39 is 5.92 Å². The van der Waals surface area contributed by atoms with E-state index in [4.69, 9.17) is 0 Å². The lowest BCUT2D eigenvalue weighted by Crippen LogP contribution is -2.39. The molecule has 1 saturated heterocycles. The van der Waals surface area contributed by atoms with E-state index in [1.165, 1.54) is 0 Å². The number of pyridine rings is 1. The lowest BCUT2D eigenvalue weighted by atomic mass is 9.86. The zero-order valence-corrected chi connectivity index (χ0v) is 13.3. The Morgan fingerprint density at radius 2 is 2.00 bits per heavy atom. The molecular weight excluding hydrogens is 280 g/mol. The van der Waals surface area contributed by atoms with Gasteiger partial charge in [0.25, 0.3) is 0 Å². The van der Waals surface area contributed by atoms with E-state index in [1.807, 2.05) is 17.9 Å². The van der Waals surface area contributed by atoms with Crippen molar-refractivity contribution in [2.45, 2.75) is 44.9 Å². The number of hydrogen-bond donors (Lipinski definition) is 1. The van der Waals surface area contributed by atoms with Gasteiger partial charge in [0.1, 0.15) is 0 Å². The lowest BCUT2D eigenvalue weighted by molar-refractivity contribution is -0.134. The minimum atomic E-state index is -0.390. The fourth-order valence-electron chi connectivity index (χ4n) is 3.02. The molecule has 0 aliphatic carbocycles. The second kappa shape index (κ2) is 4.90. The quantitative estimate of drug-likeness (QED) is 0.815. The van der Waals surface area contributed by atoms with Gasteiger partial charge < -0.3 is 0 Å². The normalized spacial score (nSPS) is 19.5. The van der Waals surface area contributed by atoms with Crippen LogP contribution in [-0.4, -0.2) is 26.6 Å². The van der Waals surface area contributed by atoms with Crippen molar-refractivity contribution in [3.63, 3.8) is 0 Å². The molecule has 0 bridgehead atoms. The number of rotatable bonds is 1. The largest absolute Gasteiger partial charge is 0.296 e. The molecule has 1 aliphatic rings. The first-order valence-electron chi connectivity index (χ1n) is 7.44. The molecule has 2 aromatic rings. The highest BCUT2D eigenvalue weighted by Crippen LogP contribution is 2.34. The van der Waals surface area contributed by atoms with Crippen LogP contribution in [0.4, 0.5) is 0 Å². The molecule has 1 fully saturated rings. The summed E-state index contributed by atoms with van der Waals surface area (Å²) in [6.45, 7) is 6.38. The Hall–Kier alpha value is -2.24. The van der Waals surface area contributed by atoms with Gasteiger partial charge >= 0.3 is 0 Å². The third-order valence-corrected chi connectivity index (χ3v) is 4.15. The number of aryl methyl sites for hydroxylation is 1. The average Bonchev–Trinajstić information content (AvgIpc) is 2.75. The zero-order valence-electron chi connectivity index (χ0n) is 13.3. The van der Waals surface area contributed by atoms with Gasteiger partial charge in [-0.15, -0.1) is 0 Å². The number of nitrogens with one attached hydrogen (secondary N) is 1. The highest BCUT2D eigenvalue weighted by atomic mass is 16.2. The van der Waals surface area contributed by atoms with Crippen molar-refractivity contribution >= 4 is 22.7 Å². The molecule has 6 nitrogen and oxygen atoms in total. The number of aromatic nitrogens is 3. The molecule has 0 aromatic carbocycles. The van der Waals surface area contributed by atoms with Crippen LogP contribution in [0.3, 0.4) is 0 Å². The van der Waals surface area contributed by atoms with Crippen molar-refractivity contribution in [2.75, 3.05) is 0 Å². The Bertz CT molecular complexity index is 770. The molecule has 0 radical (unpaired) electrons. The Morgan fingerprint density at radius 3 is 2.64 bits per heavy atom. The predicted molar refractivity (Wildman–Crippen MR) is 82.3 cm³/mol. The van der Waals surface area contributed by atoms with E-state index in [-0.39, 0.29) is 17.2 Å². The van der Waals surface area contributed by atoms with Crippen LogP contribution in [0, 0.1) is 0 Å². The van der Waals surface area contributed by atoms with Crippen LogP contribution in [0.1, 0.15) is 50.8 Å². The summed E-state index contributed by atoms with van der Waals surface area (Å²) < 4.78 is 1.82. The molecule has 3 rings (SSSR count). The monoisotopic (exact) mass is 300 g/mol. The summed E-state index contributed by atoms with van der Waals surface area (Å²) in [5.41, 5.74) is 2.74. The fourth-order valence-corrected chi connectivity index (χ4v) is 3.02. The van der Waals surface area contributed by atoms with Crippen molar-refractivity contribution in [3.05, 3.63) is 23.7 Å². The molecule has 2 amide bonds. The lowest BCUT2D eigenvalue weighted by Gasteiger charge is -2.20. The Labute approximate surface area is 128 Å². The van der Waals surface area contributed by atoms with Crippen molar-refractivity contribution in [1.29, 1.82) is 0 Å². The number of fused-ring (bicyclic) bond motifs is 1. The van der Waals surface area contributed by atoms with Crippen LogP contribution < -0.4 is 5.32 Å². The van der Waals surface area contributed by atoms with Gasteiger partial charge in [-0.25, -0.2) is 0 Å². The third kappa shape index (κ3) is 2.28. The van der Waals surface area contributed by atoms with Crippen LogP contribution in [0.25, 0.3) is 10.9 Å². The smallest absolute Gasteiger partial charge is 0.235 e. The number of carbonyl (C=O) groups is 2. The van der Waals surface area contributed by atoms with Gasteiger partial charge in [-0.2, -0.15) is 5.10 Å². The SMILES string of the molecule is Cn1nc(C2CCC(=O)NC2=O)c2cncc(C(C)(C)C)c21. The van der Waals surface area contributed by atoms with E-state index in [1.54, 1.807) is 6.20 Å². The van der Waals surface area contributed by atoms with Crippen molar-refractivity contribution in [1.82, 2.24) is 20.1 Å². The molecule has 22 heavy (non-hydrogen) atoms. The molecule has 1 N–H and O–H groups in total. The topological polar surface area (TPSA) is 76.9 Å². The van der Waals surface area contributed by atoms with E-state index >= 15 is 0 Å². The van der Waals surface area contributed by atoms with Crippen molar-refractivity contribution < 1.29 is 9.59 Å². The summed E-state index contributed by atoms with van der Waals surface area (Å²) >= 11 is 0. The van der Waals surface area contributed by atoms with E-state index in [9.17, 15) is 9.59 Å². The zero-order chi connectivity index (χ0) is 16.1. The Balaban J connectivity index is 2.17. The van der Waals surface area contributed by atoms with E-state index in [2.05, 4.69) is 36.2 Å². The van der Waals surface area contributed by atoms with Crippen LogP contribution in [0.15, 0.2) is 12.4 Å². The first-order chi connectivity index (χ1) is 10.3. The minimum absolute atomic E-state index is 0.0671. The highest BCUT2D eigenvalue weighted by molar-refractivity contribution is 6.02. The van der Waals surface area contributed by atoms with Gasteiger partial charge in [-0.3, -0.25) is 24.6 Å². The first-order valence-corrected chi connectivity index (χ1v) is 7.44. The summed E-state index contributed by atoms with van der Waals surface area (Å²) in [5.74, 6) is -0.870. The molecular formula is C16H20N4O2. The molecule has 6 heteroatoms. The standard InChI is InChI=1S/C16H20N4O2/c1-16(2,3)11-8-17-7-10-13(19-20(4)14(10)11)9-5-6-12(21)18-15(9)22/h7-9H,5-6H2,1-4H3,(H,18,21,22). The number of nitrogens with zero attached hydrogens (tertiary/aromatic N) is 3. The molecule has 2 aromatic heterocycles. The van der Waals surface area contributed by atoms with E-state index in [0.717, 1.165) is 16.5 Å². The fraction of sp³-hybridized carbons (Fsp3) is 0.500. The molecule has 1 atom stereocenters. The summed E-state index contributed by atoms with van der Waals surface area (Å²) in [6.07, 6.45) is 4.46. The molecule has 0 saturated carbocycles. The predicted octanol–water partition coefficient (Wildman–Crippen LogP) is 1.79. The molecule has 1 unspecified atom stereocenters. The maximum absolute atomic E-state index is 12.1. The second-order valence-electron chi connectivity index (χ2n) is 6.85. The second-order valence-corrected chi connectivity index (χ2v) is 6.85. The number of amides is 2. The number of imide groups is 1. The molecule has 0 spiro atoms. The number of hydrogen-bond acceptors (Lipinski definition) is 4. The minimum Gasteiger partial charge on any atom is -0.296 e.